The Balaban J connectivity index is 1.41. The Hall–Kier alpha value is -3.74. The van der Waals surface area contributed by atoms with Crippen molar-refractivity contribution in [1.29, 1.82) is 0 Å². The maximum atomic E-state index is 12.8. The van der Waals surface area contributed by atoms with E-state index in [-0.39, 0.29) is 24.2 Å². The number of fused-ring (bicyclic) bond motifs is 1. The van der Waals surface area contributed by atoms with Gasteiger partial charge in [0, 0.05) is 29.6 Å². The van der Waals surface area contributed by atoms with Gasteiger partial charge in [0.15, 0.2) is 0 Å². The zero-order chi connectivity index (χ0) is 22.5. The molecule has 1 fully saturated rings. The van der Waals surface area contributed by atoms with Gasteiger partial charge in [0.25, 0.3) is 5.91 Å². The van der Waals surface area contributed by atoms with E-state index in [0.717, 1.165) is 42.1 Å². The van der Waals surface area contributed by atoms with E-state index in [1.54, 1.807) is 36.5 Å². The average molecular weight is 431 g/mol. The topological polar surface area (TPSA) is 108 Å². The number of benzene rings is 2. The molecule has 2 aromatic carbocycles. The Labute approximate surface area is 185 Å². The second kappa shape index (κ2) is 9.60. The quantitative estimate of drug-likeness (QED) is 0.527. The minimum atomic E-state index is -1.06. The van der Waals surface area contributed by atoms with Crippen molar-refractivity contribution in [2.45, 2.75) is 38.1 Å². The highest BCUT2D eigenvalue weighted by Gasteiger charge is 2.27. The van der Waals surface area contributed by atoms with Gasteiger partial charge in [-0.3, -0.25) is 14.6 Å². The first-order valence-corrected chi connectivity index (χ1v) is 10.8. The van der Waals surface area contributed by atoms with Crippen LogP contribution in [0.4, 0.5) is 5.69 Å². The van der Waals surface area contributed by atoms with Crippen LogP contribution in [0, 0.1) is 5.92 Å². The zero-order valence-electron chi connectivity index (χ0n) is 17.6. The third kappa shape index (κ3) is 4.94. The predicted molar refractivity (Wildman–Crippen MR) is 121 cm³/mol. The minimum Gasteiger partial charge on any atom is -0.480 e. The molecule has 1 heterocycles. The molecule has 1 aromatic heterocycles. The number of carbonyl (C=O) groups excluding carboxylic acids is 2. The lowest BCUT2D eigenvalue weighted by Crippen LogP contribution is -2.44. The van der Waals surface area contributed by atoms with Crippen LogP contribution in [0.25, 0.3) is 10.9 Å². The summed E-state index contributed by atoms with van der Waals surface area (Å²) in [6.07, 6.45) is 5.44. The number of aliphatic carboxylic acids is 1. The molecule has 0 spiro atoms. The van der Waals surface area contributed by atoms with E-state index in [1.165, 1.54) is 0 Å². The highest BCUT2D eigenvalue weighted by atomic mass is 16.4. The van der Waals surface area contributed by atoms with E-state index in [0.29, 0.717) is 11.3 Å². The number of aromatic nitrogens is 1. The predicted octanol–water partition coefficient (Wildman–Crippen LogP) is 3.79. The van der Waals surface area contributed by atoms with E-state index >= 15 is 0 Å². The molecule has 1 saturated carbocycles. The van der Waals surface area contributed by atoms with Crippen LogP contribution >= 0.6 is 0 Å². The molecule has 0 aliphatic heterocycles. The van der Waals surface area contributed by atoms with Crippen molar-refractivity contribution in [3.05, 3.63) is 71.9 Å². The molecule has 3 N–H and O–H groups in total. The molecule has 0 saturated heterocycles. The standard InChI is InChI=1S/C25H25N3O4/c29-23(17-5-1-2-6-17)28-22(25(31)32)15-16-9-11-18(12-10-16)27-24(30)20-13-14-26-21-8-4-3-7-19(20)21/h3-4,7-14,17,22H,1-2,5-6,15H2,(H,27,30)(H,28,29)(H,31,32)/t22-/m0/s1. The Morgan fingerprint density at radius 1 is 1.00 bits per heavy atom. The maximum absolute atomic E-state index is 12.8. The molecule has 32 heavy (non-hydrogen) atoms. The number of hydrogen-bond donors (Lipinski definition) is 3. The van der Waals surface area contributed by atoms with Gasteiger partial charge in [-0.15, -0.1) is 0 Å². The Morgan fingerprint density at radius 3 is 2.44 bits per heavy atom. The highest BCUT2D eigenvalue weighted by Crippen LogP contribution is 2.25. The van der Waals surface area contributed by atoms with E-state index < -0.39 is 12.0 Å². The lowest BCUT2D eigenvalue weighted by molar-refractivity contribution is -0.142. The zero-order valence-corrected chi connectivity index (χ0v) is 17.6. The molecule has 0 radical (unpaired) electrons. The first-order valence-electron chi connectivity index (χ1n) is 10.8. The van der Waals surface area contributed by atoms with E-state index in [9.17, 15) is 19.5 Å². The summed E-state index contributed by atoms with van der Waals surface area (Å²) in [6.45, 7) is 0. The fourth-order valence-electron chi connectivity index (χ4n) is 4.13. The molecule has 2 amide bonds. The SMILES string of the molecule is O=C(Nc1ccc(C[C@H](NC(=O)C2CCCC2)C(=O)O)cc1)c1ccnc2ccccc12. The van der Waals surface area contributed by atoms with Crippen molar-refractivity contribution in [3.63, 3.8) is 0 Å². The van der Waals surface area contributed by atoms with Crippen LogP contribution in [0.1, 0.15) is 41.6 Å². The number of carbonyl (C=O) groups is 3. The third-order valence-corrected chi connectivity index (χ3v) is 5.89. The van der Waals surface area contributed by atoms with Gasteiger partial charge in [0.2, 0.25) is 5.91 Å². The molecule has 7 nitrogen and oxygen atoms in total. The Morgan fingerprint density at radius 2 is 1.72 bits per heavy atom. The summed E-state index contributed by atoms with van der Waals surface area (Å²) < 4.78 is 0. The van der Waals surface area contributed by atoms with E-state index in [2.05, 4.69) is 15.6 Å². The molecular weight excluding hydrogens is 406 g/mol. The second-order valence-electron chi connectivity index (χ2n) is 8.11. The molecule has 164 valence electrons. The van der Waals surface area contributed by atoms with Gasteiger partial charge in [-0.05, 0) is 42.7 Å². The summed E-state index contributed by atoms with van der Waals surface area (Å²) in [5, 5.41) is 15.9. The first-order chi connectivity index (χ1) is 15.5. The number of carboxylic acid groups (broad SMARTS) is 1. The van der Waals surface area contributed by atoms with Gasteiger partial charge >= 0.3 is 5.97 Å². The summed E-state index contributed by atoms with van der Waals surface area (Å²) in [5.41, 5.74) is 2.63. The molecule has 7 heteroatoms. The first kappa shape index (κ1) is 21.5. The van der Waals surface area contributed by atoms with E-state index in [4.69, 9.17) is 0 Å². The molecule has 0 bridgehead atoms. The largest absolute Gasteiger partial charge is 0.480 e. The summed E-state index contributed by atoms with van der Waals surface area (Å²) in [4.78, 5) is 41.0. The number of nitrogens with zero attached hydrogens (tertiary/aromatic N) is 1. The number of nitrogens with one attached hydrogen (secondary N) is 2. The molecule has 1 aliphatic rings. The molecule has 1 atom stereocenters. The smallest absolute Gasteiger partial charge is 0.326 e. The van der Waals surface area contributed by atoms with Crippen molar-refractivity contribution in [3.8, 4) is 0 Å². The monoisotopic (exact) mass is 431 g/mol. The lowest BCUT2D eigenvalue weighted by atomic mass is 10.0. The highest BCUT2D eigenvalue weighted by molar-refractivity contribution is 6.12. The van der Waals surface area contributed by atoms with Gasteiger partial charge in [-0.25, -0.2) is 4.79 Å². The number of hydrogen-bond acceptors (Lipinski definition) is 4. The Bertz CT molecular complexity index is 1130. The van der Waals surface area contributed by atoms with Crippen molar-refractivity contribution in [1.82, 2.24) is 10.3 Å². The van der Waals surface area contributed by atoms with Crippen molar-refractivity contribution in [2.24, 2.45) is 5.92 Å². The van der Waals surface area contributed by atoms with Crippen LogP contribution in [0.15, 0.2) is 60.8 Å². The number of carboxylic acids is 1. The van der Waals surface area contributed by atoms with Gasteiger partial charge in [-0.2, -0.15) is 0 Å². The number of anilines is 1. The second-order valence-corrected chi connectivity index (χ2v) is 8.11. The van der Waals surface area contributed by atoms with Gasteiger partial charge in [0.1, 0.15) is 6.04 Å². The average Bonchev–Trinajstić information content (AvgIpc) is 3.34. The fourth-order valence-corrected chi connectivity index (χ4v) is 4.13. The molecule has 4 rings (SSSR count). The normalized spacial score (nSPS) is 14.8. The lowest BCUT2D eigenvalue weighted by Gasteiger charge is -2.17. The number of pyridine rings is 1. The van der Waals surface area contributed by atoms with Crippen LogP contribution < -0.4 is 10.6 Å². The number of rotatable bonds is 7. The van der Waals surface area contributed by atoms with Crippen LogP contribution in [-0.4, -0.2) is 33.9 Å². The molecule has 0 unspecified atom stereocenters. The van der Waals surface area contributed by atoms with E-state index in [1.807, 2.05) is 24.3 Å². The van der Waals surface area contributed by atoms with Crippen LogP contribution in [-0.2, 0) is 16.0 Å². The molecule has 3 aromatic rings. The van der Waals surface area contributed by atoms with Gasteiger partial charge < -0.3 is 15.7 Å². The summed E-state index contributed by atoms with van der Waals surface area (Å²) >= 11 is 0. The summed E-state index contributed by atoms with van der Waals surface area (Å²) in [5.74, 6) is -1.57. The van der Waals surface area contributed by atoms with Crippen LogP contribution in [0.2, 0.25) is 0 Å². The number of amides is 2. The molecular formula is C25H25N3O4. The van der Waals surface area contributed by atoms with Gasteiger partial charge in [-0.1, -0.05) is 43.2 Å². The summed E-state index contributed by atoms with van der Waals surface area (Å²) in [7, 11) is 0. The Kier molecular flexibility index (Phi) is 6.44. The van der Waals surface area contributed by atoms with Gasteiger partial charge in [0.05, 0.1) is 11.1 Å². The summed E-state index contributed by atoms with van der Waals surface area (Å²) in [6, 6.07) is 15.1. The van der Waals surface area contributed by atoms with Crippen LogP contribution in [0.5, 0.6) is 0 Å². The third-order valence-electron chi connectivity index (χ3n) is 5.89. The maximum Gasteiger partial charge on any atom is 0.326 e. The fraction of sp³-hybridized carbons (Fsp3) is 0.280. The molecule has 1 aliphatic carbocycles. The van der Waals surface area contributed by atoms with Crippen LogP contribution in [0.3, 0.4) is 0 Å². The number of para-hydroxylation sites is 1. The van der Waals surface area contributed by atoms with Crippen molar-refractivity contribution >= 4 is 34.4 Å². The van der Waals surface area contributed by atoms with Crippen molar-refractivity contribution in [2.75, 3.05) is 5.32 Å². The minimum absolute atomic E-state index is 0.0845. The van der Waals surface area contributed by atoms with Crippen molar-refractivity contribution < 1.29 is 19.5 Å².